The largest absolute Gasteiger partial charge is 0.497 e. The smallest absolute Gasteiger partial charge is 0.303 e. The van der Waals surface area contributed by atoms with Gasteiger partial charge in [0.2, 0.25) is 0 Å². The molecule has 2 atom stereocenters. The van der Waals surface area contributed by atoms with Crippen molar-refractivity contribution in [2.75, 3.05) is 7.11 Å². The zero-order chi connectivity index (χ0) is 27.7. The van der Waals surface area contributed by atoms with Gasteiger partial charge in [-0.3, -0.25) is 4.79 Å². The Labute approximate surface area is 229 Å². The molecule has 5 rings (SSSR count). The number of methoxy groups -OCH3 is 1. The van der Waals surface area contributed by atoms with E-state index in [1.165, 1.54) is 6.07 Å². The van der Waals surface area contributed by atoms with Crippen molar-refractivity contribution in [3.8, 4) is 22.6 Å². The predicted octanol–water partition coefficient (Wildman–Crippen LogP) is 8.48. The number of hydrogen-bond donors (Lipinski definition) is 1. The van der Waals surface area contributed by atoms with Crippen LogP contribution in [-0.4, -0.2) is 18.2 Å². The van der Waals surface area contributed by atoms with Crippen LogP contribution in [0.3, 0.4) is 0 Å². The highest BCUT2D eigenvalue weighted by Crippen LogP contribution is 2.51. The average molecular weight is 535 g/mol. The van der Waals surface area contributed by atoms with Gasteiger partial charge in [0, 0.05) is 11.5 Å². The van der Waals surface area contributed by atoms with Crippen LogP contribution in [0.25, 0.3) is 11.1 Å². The summed E-state index contributed by atoms with van der Waals surface area (Å²) < 4.78 is 41.9. The second-order valence-electron chi connectivity index (χ2n) is 11.7. The Hall–Kier alpha value is -3.41. The highest BCUT2D eigenvalue weighted by molar-refractivity contribution is 5.71. The highest BCUT2D eigenvalue weighted by atomic mass is 19.1. The Morgan fingerprint density at radius 2 is 1.85 bits per heavy atom. The average Bonchev–Trinajstić information content (AvgIpc) is 3.69. The number of carbonyl (C=O) groups is 1. The quantitative estimate of drug-likeness (QED) is 0.283. The summed E-state index contributed by atoms with van der Waals surface area (Å²) in [5.74, 6) is -0.898. The van der Waals surface area contributed by atoms with Gasteiger partial charge < -0.3 is 14.6 Å². The van der Waals surface area contributed by atoms with Crippen LogP contribution in [0.1, 0.15) is 80.9 Å². The number of halogens is 2. The van der Waals surface area contributed by atoms with Gasteiger partial charge in [0.05, 0.1) is 13.5 Å². The topological polar surface area (TPSA) is 55.8 Å². The Bertz CT molecular complexity index is 1360. The molecule has 2 saturated carbocycles. The van der Waals surface area contributed by atoms with Gasteiger partial charge in [-0.1, -0.05) is 50.6 Å². The van der Waals surface area contributed by atoms with Crippen LogP contribution in [0.4, 0.5) is 8.78 Å². The molecular weight excluding hydrogens is 498 g/mol. The molecule has 0 bridgehead atoms. The summed E-state index contributed by atoms with van der Waals surface area (Å²) in [5, 5.41) is 9.35. The fourth-order valence-electron chi connectivity index (χ4n) is 6.28. The maximum absolute atomic E-state index is 15.5. The molecule has 1 N–H and O–H groups in total. The van der Waals surface area contributed by atoms with Crippen molar-refractivity contribution in [1.82, 2.24) is 0 Å². The summed E-state index contributed by atoms with van der Waals surface area (Å²) in [4.78, 5) is 11.4. The summed E-state index contributed by atoms with van der Waals surface area (Å²) in [6.07, 6.45) is 4.96. The van der Waals surface area contributed by atoms with E-state index >= 15 is 8.78 Å². The molecule has 3 aromatic carbocycles. The first kappa shape index (κ1) is 27.2. The lowest BCUT2D eigenvalue weighted by Gasteiger charge is -2.30. The van der Waals surface area contributed by atoms with Crippen molar-refractivity contribution in [3.05, 3.63) is 82.9 Å². The monoisotopic (exact) mass is 534 g/mol. The van der Waals surface area contributed by atoms with Crippen molar-refractivity contribution < 1.29 is 28.2 Å². The van der Waals surface area contributed by atoms with Crippen LogP contribution < -0.4 is 9.47 Å². The maximum Gasteiger partial charge on any atom is 0.303 e. The van der Waals surface area contributed by atoms with Crippen LogP contribution in [0, 0.1) is 23.0 Å². The van der Waals surface area contributed by atoms with Crippen molar-refractivity contribution in [2.45, 2.75) is 70.8 Å². The Morgan fingerprint density at radius 1 is 1.05 bits per heavy atom. The molecule has 0 spiro atoms. The van der Waals surface area contributed by atoms with E-state index in [4.69, 9.17) is 9.47 Å². The summed E-state index contributed by atoms with van der Waals surface area (Å²) in [6, 6.07) is 15.7. The van der Waals surface area contributed by atoms with Gasteiger partial charge >= 0.3 is 5.97 Å². The Kier molecular flexibility index (Phi) is 7.66. The molecule has 2 aliphatic rings. The second kappa shape index (κ2) is 11.0. The Morgan fingerprint density at radius 3 is 2.51 bits per heavy atom. The third kappa shape index (κ3) is 5.80. The first-order chi connectivity index (χ1) is 18.7. The number of rotatable bonds is 10. The van der Waals surface area contributed by atoms with Crippen LogP contribution in [0.5, 0.6) is 11.5 Å². The Balaban J connectivity index is 1.46. The number of carboxylic acid groups (broad SMARTS) is 1. The second-order valence-corrected chi connectivity index (χ2v) is 11.7. The minimum Gasteiger partial charge on any atom is -0.497 e. The number of hydrogen-bond acceptors (Lipinski definition) is 3. The van der Waals surface area contributed by atoms with Gasteiger partial charge in [0.15, 0.2) is 11.6 Å². The molecule has 0 saturated heterocycles. The first-order valence-electron chi connectivity index (χ1n) is 13.8. The normalized spacial score (nSPS) is 19.1. The fraction of sp³-hybridized carbons (Fsp3) is 0.424. The molecule has 2 fully saturated rings. The summed E-state index contributed by atoms with van der Waals surface area (Å²) in [6.45, 7) is 4.66. The van der Waals surface area contributed by atoms with Gasteiger partial charge in [-0.25, -0.2) is 8.78 Å². The summed E-state index contributed by atoms with van der Waals surface area (Å²) >= 11 is 0. The summed E-state index contributed by atoms with van der Waals surface area (Å²) in [5.41, 5.74) is 3.75. The summed E-state index contributed by atoms with van der Waals surface area (Å²) in [7, 11) is 1.57. The zero-order valence-electron chi connectivity index (χ0n) is 22.8. The molecular formula is C33H36F2O4. The van der Waals surface area contributed by atoms with Crippen LogP contribution in [-0.2, 0) is 11.4 Å². The number of aliphatic carboxylic acids is 1. The van der Waals surface area contributed by atoms with Crippen molar-refractivity contribution in [2.24, 2.45) is 11.3 Å². The maximum atomic E-state index is 15.5. The van der Waals surface area contributed by atoms with Gasteiger partial charge in [-0.05, 0) is 89.5 Å². The van der Waals surface area contributed by atoms with Crippen LogP contribution >= 0.6 is 0 Å². The first-order valence-corrected chi connectivity index (χ1v) is 13.8. The standard InChI is InChI=1S/C33H36F2O4/c1-33(2)15-5-7-28(33)26-16-20(9-13-23(26)27-17-22(38-3)12-14-29(27)34)19-39-30-8-4-6-24(32(30)35)25(18-31(36)37)21-10-11-21/h4,6,8-9,12-14,16-17,21,25,28H,5,7,10-11,15,18-19H2,1-3H3,(H,36,37)/t25-,28-/m0/s1. The lowest BCUT2D eigenvalue weighted by atomic mass is 9.75. The third-order valence-electron chi connectivity index (χ3n) is 8.58. The number of carboxylic acids is 1. The van der Waals surface area contributed by atoms with E-state index in [0.29, 0.717) is 16.9 Å². The molecule has 39 heavy (non-hydrogen) atoms. The number of ether oxygens (including phenoxy) is 2. The molecule has 0 radical (unpaired) electrons. The highest BCUT2D eigenvalue weighted by Gasteiger charge is 2.38. The molecule has 206 valence electrons. The van der Waals surface area contributed by atoms with E-state index in [0.717, 1.165) is 48.8 Å². The van der Waals surface area contributed by atoms with Gasteiger partial charge in [-0.2, -0.15) is 0 Å². The molecule has 0 unspecified atom stereocenters. The minimum atomic E-state index is -0.924. The van der Waals surface area contributed by atoms with Gasteiger partial charge in [0.1, 0.15) is 18.2 Å². The molecule has 4 nitrogen and oxygen atoms in total. The molecule has 0 amide bonds. The molecule has 0 heterocycles. The van der Waals surface area contributed by atoms with E-state index < -0.39 is 11.8 Å². The van der Waals surface area contributed by atoms with E-state index in [2.05, 4.69) is 19.9 Å². The SMILES string of the molecule is COc1ccc(F)c(-c2ccc(COc3cccc([C@@H](CC(=O)O)C4CC4)c3F)cc2[C@@H]2CCCC2(C)C)c1. The van der Waals surface area contributed by atoms with E-state index in [9.17, 15) is 9.90 Å². The van der Waals surface area contributed by atoms with Gasteiger partial charge in [-0.15, -0.1) is 0 Å². The fourth-order valence-corrected chi connectivity index (χ4v) is 6.28. The molecule has 0 aliphatic heterocycles. The lowest BCUT2D eigenvalue weighted by molar-refractivity contribution is -0.137. The van der Waals surface area contributed by atoms with Crippen LogP contribution in [0.15, 0.2) is 54.6 Å². The van der Waals surface area contributed by atoms with Crippen molar-refractivity contribution in [1.29, 1.82) is 0 Å². The van der Waals surface area contributed by atoms with E-state index in [-0.39, 0.29) is 47.8 Å². The molecule has 6 heteroatoms. The lowest BCUT2D eigenvalue weighted by Crippen LogP contribution is -2.17. The van der Waals surface area contributed by atoms with Crippen molar-refractivity contribution >= 4 is 5.97 Å². The van der Waals surface area contributed by atoms with E-state index in [1.54, 1.807) is 37.4 Å². The minimum absolute atomic E-state index is 0.0615. The number of benzene rings is 3. The molecule has 0 aromatic heterocycles. The van der Waals surface area contributed by atoms with Crippen molar-refractivity contribution in [3.63, 3.8) is 0 Å². The zero-order valence-corrected chi connectivity index (χ0v) is 22.8. The molecule has 3 aromatic rings. The predicted molar refractivity (Wildman–Crippen MR) is 147 cm³/mol. The third-order valence-corrected chi connectivity index (χ3v) is 8.58. The molecule has 2 aliphatic carbocycles. The van der Waals surface area contributed by atoms with E-state index in [1.807, 2.05) is 12.1 Å². The van der Waals surface area contributed by atoms with Crippen LogP contribution in [0.2, 0.25) is 0 Å². The van der Waals surface area contributed by atoms with Gasteiger partial charge in [0.25, 0.3) is 0 Å².